The highest BCUT2D eigenvalue weighted by Crippen LogP contribution is 2.22. The third kappa shape index (κ3) is 2.93. The number of hydrogen-bond acceptors (Lipinski definition) is 4. The van der Waals surface area contributed by atoms with Gasteiger partial charge in [0.15, 0.2) is 0 Å². The standard InChI is InChI=1S/C11H18N2O2/c1-3-15-11(14)10-5-4-8-13(10)9(2)6-7-12/h9-10H,3-6,8H2,1-2H3. The van der Waals surface area contributed by atoms with Crippen LogP contribution in [0.4, 0.5) is 0 Å². The van der Waals surface area contributed by atoms with E-state index in [4.69, 9.17) is 10.00 Å². The summed E-state index contributed by atoms with van der Waals surface area (Å²) in [6, 6.07) is 2.16. The molecule has 4 heteroatoms. The fraction of sp³-hybridized carbons (Fsp3) is 0.818. The molecule has 0 spiro atoms. The molecule has 0 amide bonds. The van der Waals surface area contributed by atoms with E-state index in [0.717, 1.165) is 19.4 Å². The molecule has 1 aliphatic heterocycles. The Morgan fingerprint density at radius 2 is 2.47 bits per heavy atom. The molecule has 84 valence electrons. The van der Waals surface area contributed by atoms with Crippen LogP contribution in [0.5, 0.6) is 0 Å². The monoisotopic (exact) mass is 210 g/mol. The lowest BCUT2D eigenvalue weighted by Crippen LogP contribution is -2.42. The van der Waals surface area contributed by atoms with E-state index in [9.17, 15) is 4.79 Å². The Bertz CT molecular complexity index is 260. The van der Waals surface area contributed by atoms with Gasteiger partial charge in [-0.05, 0) is 33.2 Å². The Morgan fingerprint density at radius 1 is 1.73 bits per heavy atom. The van der Waals surface area contributed by atoms with E-state index >= 15 is 0 Å². The zero-order valence-corrected chi connectivity index (χ0v) is 9.40. The minimum atomic E-state index is -0.139. The quantitative estimate of drug-likeness (QED) is 0.657. The summed E-state index contributed by atoms with van der Waals surface area (Å²) in [7, 11) is 0. The molecule has 0 N–H and O–H groups in total. The van der Waals surface area contributed by atoms with Gasteiger partial charge in [-0.2, -0.15) is 5.26 Å². The molecule has 0 aromatic heterocycles. The fourth-order valence-corrected chi connectivity index (χ4v) is 2.06. The van der Waals surface area contributed by atoms with Gasteiger partial charge in [-0.1, -0.05) is 0 Å². The first-order chi connectivity index (χ1) is 7.20. The molecule has 1 saturated heterocycles. The second-order valence-electron chi connectivity index (χ2n) is 3.86. The molecule has 2 unspecified atom stereocenters. The number of rotatable bonds is 4. The van der Waals surface area contributed by atoms with Crippen molar-refractivity contribution in [2.24, 2.45) is 0 Å². The first-order valence-corrected chi connectivity index (χ1v) is 5.50. The van der Waals surface area contributed by atoms with E-state index in [2.05, 4.69) is 11.0 Å². The normalized spacial score (nSPS) is 23.4. The number of esters is 1. The maximum atomic E-state index is 11.6. The second kappa shape index (κ2) is 5.72. The van der Waals surface area contributed by atoms with Crippen molar-refractivity contribution in [3.05, 3.63) is 0 Å². The number of likely N-dealkylation sites (tertiary alicyclic amines) is 1. The van der Waals surface area contributed by atoms with Crippen molar-refractivity contribution < 1.29 is 9.53 Å². The van der Waals surface area contributed by atoms with E-state index in [1.807, 2.05) is 13.8 Å². The van der Waals surface area contributed by atoms with Gasteiger partial charge in [-0.15, -0.1) is 0 Å². The van der Waals surface area contributed by atoms with Gasteiger partial charge in [-0.25, -0.2) is 0 Å². The summed E-state index contributed by atoms with van der Waals surface area (Å²) in [5.41, 5.74) is 0. The van der Waals surface area contributed by atoms with E-state index in [-0.39, 0.29) is 18.1 Å². The summed E-state index contributed by atoms with van der Waals surface area (Å²) in [6.45, 7) is 5.12. The molecule has 0 saturated carbocycles. The molecule has 0 aliphatic carbocycles. The summed E-state index contributed by atoms with van der Waals surface area (Å²) in [5.74, 6) is -0.139. The zero-order valence-electron chi connectivity index (χ0n) is 9.40. The lowest BCUT2D eigenvalue weighted by atomic mass is 10.1. The van der Waals surface area contributed by atoms with Crippen LogP contribution in [0.15, 0.2) is 0 Å². The Balaban J connectivity index is 2.56. The van der Waals surface area contributed by atoms with Crippen LogP contribution in [0.2, 0.25) is 0 Å². The highest BCUT2D eigenvalue weighted by molar-refractivity contribution is 5.76. The minimum absolute atomic E-state index is 0.131. The molecule has 1 heterocycles. The van der Waals surface area contributed by atoms with Gasteiger partial charge in [0.1, 0.15) is 6.04 Å². The summed E-state index contributed by atoms with van der Waals surface area (Å²) in [5, 5.41) is 8.63. The van der Waals surface area contributed by atoms with Crippen LogP contribution in [0.25, 0.3) is 0 Å². The first kappa shape index (κ1) is 12.0. The molecule has 1 fully saturated rings. The van der Waals surface area contributed by atoms with E-state index in [0.29, 0.717) is 13.0 Å². The number of carbonyl (C=O) groups excluding carboxylic acids is 1. The van der Waals surface area contributed by atoms with Gasteiger partial charge >= 0.3 is 5.97 Å². The highest BCUT2D eigenvalue weighted by atomic mass is 16.5. The van der Waals surface area contributed by atoms with E-state index in [1.165, 1.54) is 0 Å². The van der Waals surface area contributed by atoms with Crippen LogP contribution in [0.1, 0.15) is 33.1 Å². The van der Waals surface area contributed by atoms with Crippen molar-refractivity contribution in [1.29, 1.82) is 5.26 Å². The average Bonchev–Trinajstić information content (AvgIpc) is 2.66. The molecular formula is C11H18N2O2. The Labute approximate surface area is 90.8 Å². The van der Waals surface area contributed by atoms with Gasteiger partial charge in [0.25, 0.3) is 0 Å². The topological polar surface area (TPSA) is 53.3 Å². The Kier molecular flexibility index (Phi) is 4.57. The van der Waals surface area contributed by atoms with Gasteiger partial charge in [0.2, 0.25) is 0 Å². The molecule has 0 bridgehead atoms. The molecule has 0 radical (unpaired) electrons. The van der Waals surface area contributed by atoms with E-state index in [1.54, 1.807) is 0 Å². The summed E-state index contributed by atoms with van der Waals surface area (Å²) in [4.78, 5) is 13.7. The van der Waals surface area contributed by atoms with Gasteiger partial charge in [0.05, 0.1) is 19.1 Å². The zero-order chi connectivity index (χ0) is 11.3. The van der Waals surface area contributed by atoms with Crippen molar-refractivity contribution in [2.75, 3.05) is 13.2 Å². The predicted octanol–water partition coefficient (Wildman–Crippen LogP) is 1.32. The van der Waals surface area contributed by atoms with Crippen LogP contribution in [0, 0.1) is 11.3 Å². The third-order valence-corrected chi connectivity index (χ3v) is 2.81. The summed E-state index contributed by atoms with van der Waals surface area (Å²) >= 11 is 0. The van der Waals surface area contributed by atoms with Crippen molar-refractivity contribution >= 4 is 5.97 Å². The number of nitriles is 1. The number of hydrogen-bond donors (Lipinski definition) is 0. The summed E-state index contributed by atoms with van der Waals surface area (Å²) in [6.07, 6.45) is 2.34. The van der Waals surface area contributed by atoms with Gasteiger partial charge in [-0.3, -0.25) is 9.69 Å². The van der Waals surface area contributed by atoms with Gasteiger partial charge < -0.3 is 4.74 Å². The predicted molar refractivity (Wildman–Crippen MR) is 56.1 cm³/mol. The molecule has 0 aromatic carbocycles. The molecule has 4 nitrogen and oxygen atoms in total. The van der Waals surface area contributed by atoms with Crippen LogP contribution in [0.3, 0.4) is 0 Å². The minimum Gasteiger partial charge on any atom is -0.465 e. The first-order valence-electron chi connectivity index (χ1n) is 5.50. The summed E-state index contributed by atoms with van der Waals surface area (Å²) < 4.78 is 5.02. The second-order valence-corrected chi connectivity index (χ2v) is 3.86. The maximum Gasteiger partial charge on any atom is 0.323 e. The Morgan fingerprint density at radius 3 is 3.07 bits per heavy atom. The van der Waals surface area contributed by atoms with Crippen LogP contribution >= 0.6 is 0 Å². The largest absolute Gasteiger partial charge is 0.465 e. The molecule has 1 aliphatic rings. The van der Waals surface area contributed by atoms with Gasteiger partial charge in [0, 0.05) is 6.04 Å². The molecule has 1 rings (SSSR count). The SMILES string of the molecule is CCOC(=O)C1CCCN1C(C)CC#N. The molecule has 15 heavy (non-hydrogen) atoms. The lowest BCUT2D eigenvalue weighted by Gasteiger charge is -2.27. The third-order valence-electron chi connectivity index (χ3n) is 2.81. The molecule has 0 aromatic rings. The average molecular weight is 210 g/mol. The number of nitrogens with zero attached hydrogens (tertiary/aromatic N) is 2. The molecular weight excluding hydrogens is 192 g/mol. The molecule has 2 atom stereocenters. The van der Waals surface area contributed by atoms with Crippen LogP contribution in [-0.4, -0.2) is 36.1 Å². The van der Waals surface area contributed by atoms with Crippen LogP contribution < -0.4 is 0 Å². The van der Waals surface area contributed by atoms with Crippen molar-refractivity contribution in [2.45, 2.75) is 45.2 Å². The lowest BCUT2D eigenvalue weighted by molar-refractivity contribution is -0.149. The van der Waals surface area contributed by atoms with Crippen molar-refractivity contribution in [3.63, 3.8) is 0 Å². The smallest absolute Gasteiger partial charge is 0.323 e. The Hall–Kier alpha value is -1.08. The van der Waals surface area contributed by atoms with Crippen molar-refractivity contribution in [3.8, 4) is 6.07 Å². The number of carbonyl (C=O) groups is 1. The van der Waals surface area contributed by atoms with Crippen LogP contribution in [-0.2, 0) is 9.53 Å². The fourth-order valence-electron chi connectivity index (χ4n) is 2.06. The highest BCUT2D eigenvalue weighted by Gasteiger charge is 2.34. The van der Waals surface area contributed by atoms with E-state index < -0.39 is 0 Å². The van der Waals surface area contributed by atoms with Crippen molar-refractivity contribution in [1.82, 2.24) is 4.90 Å². The maximum absolute atomic E-state index is 11.6. The number of ether oxygens (including phenoxy) is 1.